The number of anilines is 2. The maximum atomic E-state index is 12.1. The number of carbonyl (C=O) groups excluding carboxylic acids is 2. The average Bonchev–Trinajstić information content (AvgIpc) is 3.51. The maximum absolute atomic E-state index is 12.1. The van der Waals surface area contributed by atoms with Gasteiger partial charge in [0.25, 0.3) is 5.91 Å². The molecule has 28 heavy (non-hydrogen) atoms. The minimum atomic E-state index is -0.863. The van der Waals surface area contributed by atoms with Crippen LogP contribution in [-0.4, -0.2) is 29.5 Å². The number of rotatable bonds is 9. The molecule has 0 saturated heterocycles. The normalized spacial score (nSPS) is 12.9. The van der Waals surface area contributed by atoms with Gasteiger partial charge in [-0.05, 0) is 49.1 Å². The van der Waals surface area contributed by atoms with Gasteiger partial charge in [0, 0.05) is 29.8 Å². The topological polar surface area (TPSA) is 105 Å². The summed E-state index contributed by atoms with van der Waals surface area (Å²) in [6.07, 6.45) is 2.29. The number of aliphatic carboxylic acids is 1. The van der Waals surface area contributed by atoms with Crippen LogP contribution in [0.3, 0.4) is 0 Å². The Kier molecular flexibility index (Phi) is 6.26. The smallest absolute Gasteiger partial charge is 0.303 e. The first-order valence-corrected chi connectivity index (χ1v) is 9.14. The first kappa shape index (κ1) is 19.4. The summed E-state index contributed by atoms with van der Waals surface area (Å²) in [4.78, 5) is 34.6. The van der Waals surface area contributed by atoms with E-state index in [9.17, 15) is 14.4 Å². The van der Waals surface area contributed by atoms with Gasteiger partial charge in [0.1, 0.15) is 5.75 Å². The van der Waals surface area contributed by atoms with Crippen LogP contribution in [0.2, 0.25) is 0 Å². The number of nitrogens with one attached hydrogen (secondary N) is 2. The van der Waals surface area contributed by atoms with Gasteiger partial charge in [-0.3, -0.25) is 14.4 Å². The Bertz CT molecular complexity index is 877. The van der Waals surface area contributed by atoms with E-state index in [1.54, 1.807) is 42.5 Å². The highest BCUT2D eigenvalue weighted by Crippen LogP contribution is 2.30. The van der Waals surface area contributed by atoms with E-state index >= 15 is 0 Å². The van der Waals surface area contributed by atoms with Crippen molar-refractivity contribution >= 4 is 29.2 Å². The third-order valence-electron chi connectivity index (χ3n) is 4.26. The molecule has 3 rings (SSSR count). The van der Waals surface area contributed by atoms with Crippen LogP contribution in [0.5, 0.6) is 5.75 Å². The van der Waals surface area contributed by atoms with E-state index < -0.39 is 5.97 Å². The Morgan fingerprint density at radius 3 is 2.43 bits per heavy atom. The summed E-state index contributed by atoms with van der Waals surface area (Å²) in [5.74, 6) is -0.584. The van der Waals surface area contributed by atoms with E-state index in [-0.39, 0.29) is 30.8 Å². The molecule has 146 valence electrons. The molecule has 0 aromatic heterocycles. The molecule has 1 aliphatic carbocycles. The third-order valence-corrected chi connectivity index (χ3v) is 4.26. The average molecular weight is 382 g/mol. The van der Waals surface area contributed by atoms with E-state index in [0.29, 0.717) is 23.5 Å². The summed E-state index contributed by atoms with van der Waals surface area (Å²) in [6, 6.07) is 14.0. The van der Waals surface area contributed by atoms with Crippen molar-refractivity contribution in [3.05, 3.63) is 54.1 Å². The fourth-order valence-corrected chi connectivity index (χ4v) is 2.66. The molecule has 1 saturated carbocycles. The lowest BCUT2D eigenvalue weighted by atomic mass is 10.1. The number of aryl methyl sites for hydroxylation is 1. The van der Waals surface area contributed by atoms with Crippen molar-refractivity contribution in [2.75, 3.05) is 17.2 Å². The molecule has 3 N–H and O–H groups in total. The van der Waals surface area contributed by atoms with Crippen molar-refractivity contribution in [3.63, 3.8) is 0 Å². The van der Waals surface area contributed by atoms with Gasteiger partial charge in [0.05, 0.1) is 0 Å². The molecule has 7 heteroatoms. The first-order valence-electron chi connectivity index (χ1n) is 9.14. The van der Waals surface area contributed by atoms with Crippen molar-refractivity contribution in [1.29, 1.82) is 0 Å². The van der Waals surface area contributed by atoms with Crippen molar-refractivity contribution in [2.45, 2.75) is 25.7 Å². The molecule has 0 spiro atoms. The van der Waals surface area contributed by atoms with Crippen molar-refractivity contribution < 1.29 is 24.2 Å². The first-order chi connectivity index (χ1) is 13.5. The van der Waals surface area contributed by atoms with Gasteiger partial charge in [-0.2, -0.15) is 0 Å². The minimum absolute atomic E-state index is 0.0117. The Balaban J connectivity index is 1.49. The van der Waals surface area contributed by atoms with E-state index in [1.165, 1.54) is 0 Å². The molecule has 0 aliphatic heterocycles. The SMILES string of the molecule is O=C(O)CCc1cccc(NC(=O)COc2cccc(NC(=O)C3CC3)c2)c1. The fraction of sp³-hybridized carbons (Fsp3) is 0.286. The van der Waals surface area contributed by atoms with Gasteiger partial charge in [-0.1, -0.05) is 18.2 Å². The Hall–Kier alpha value is -3.35. The minimum Gasteiger partial charge on any atom is -0.484 e. The monoisotopic (exact) mass is 382 g/mol. The molecule has 0 heterocycles. The molecule has 0 unspecified atom stereocenters. The fourth-order valence-electron chi connectivity index (χ4n) is 2.66. The molecule has 1 fully saturated rings. The number of hydrogen-bond acceptors (Lipinski definition) is 4. The van der Waals surface area contributed by atoms with Crippen LogP contribution in [0, 0.1) is 5.92 Å². The lowest BCUT2D eigenvalue weighted by molar-refractivity contribution is -0.137. The molecule has 7 nitrogen and oxygen atoms in total. The zero-order chi connectivity index (χ0) is 19.9. The molecular formula is C21H22N2O5. The van der Waals surface area contributed by atoms with Crippen LogP contribution in [0.4, 0.5) is 11.4 Å². The van der Waals surface area contributed by atoms with E-state index in [1.807, 2.05) is 6.07 Å². The van der Waals surface area contributed by atoms with Crippen LogP contribution in [0.25, 0.3) is 0 Å². The summed E-state index contributed by atoms with van der Waals surface area (Å²) < 4.78 is 5.51. The Morgan fingerprint density at radius 1 is 1.00 bits per heavy atom. The van der Waals surface area contributed by atoms with E-state index in [2.05, 4.69) is 10.6 Å². The van der Waals surface area contributed by atoms with Crippen LogP contribution < -0.4 is 15.4 Å². The zero-order valence-corrected chi connectivity index (χ0v) is 15.3. The Morgan fingerprint density at radius 2 is 1.71 bits per heavy atom. The predicted octanol–water partition coefficient (Wildman–Crippen LogP) is 3.07. The second kappa shape index (κ2) is 9.03. The Labute approximate surface area is 162 Å². The van der Waals surface area contributed by atoms with Crippen LogP contribution in [0.1, 0.15) is 24.8 Å². The largest absolute Gasteiger partial charge is 0.484 e. The number of hydrogen-bond donors (Lipinski definition) is 3. The van der Waals surface area contributed by atoms with Gasteiger partial charge in [-0.15, -0.1) is 0 Å². The standard InChI is InChI=1S/C21H22N2O5/c24-19(22-16-4-1-3-14(11-16)7-10-20(25)26)13-28-18-6-2-5-17(12-18)23-21(27)15-8-9-15/h1-6,11-12,15H,7-10,13H2,(H,22,24)(H,23,27)(H,25,26). The summed E-state index contributed by atoms with van der Waals surface area (Å²) in [5.41, 5.74) is 2.06. The summed E-state index contributed by atoms with van der Waals surface area (Å²) in [6.45, 7) is -0.181. The highest BCUT2D eigenvalue weighted by atomic mass is 16.5. The number of carboxylic acids is 1. The molecule has 2 amide bonds. The quantitative estimate of drug-likeness (QED) is 0.618. The second-order valence-corrected chi connectivity index (χ2v) is 6.72. The molecule has 1 aliphatic rings. The van der Waals surface area contributed by atoms with Crippen LogP contribution >= 0.6 is 0 Å². The third kappa shape index (κ3) is 6.12. The summed E-state index contributed by atoms with van der Waals surface area (Å²) in [5, 5.41) is 14.3. The number of benzene rings is 2. The maximum Gasteiger partial charge on any atom is 0.303 e. The second-order valence-electron chi connectivity index (χ2n) is 6.72. The number of ether oxygens (including phenoxy) is 1. The van der Waals surface area contributed by atoms with Crippen molar-refractivity contribution in [3.8, 4) is 5.75 Å². The highest BCUT2D eigenvalue weighted by molar-refractivity contribution is 5.94. The highest BCUT2D eigenvalue weighted by Gasteiger charge is 2.29. The van der Waals surface area contributed by atoms with E-state index in [0.717, 1.165) is 18.4 Å². The molecule has 0 radical (unpaired) electrons. The number of amides is 2. The van der Waals surface area contributed by atoms with Gasteiger partial charge in [-0.25, -0.2) is 0 Å². The predicted molar refractivity (Wildman–Crippen MR) is 104 cm³/mol. The van der Waals surface area contributed by atoms with E-state index in [4.69, 9.17) is 9.84 Å². The molecule has 2 aromatic carbocycles. The molecule has 2 aromatic rings. The summed E-state index contributed by atoms with van der Waals surface area (Å²) >= 11 is 0. The van der Waals surface area contributed by atoms with Gasteiger partial charge in [0.2, 0.25) is 5.91 Å². The molecule has 0 atom stereocenters. The summed E-state index contributed by atoms with van der Waals surface area (Å²) in [7, 11) is 0. The van der Waals surface area contributed by atoms with Gasteiger partial charge < -0.3 is 20.5 Å². The van der Waals surface area contributed by atoms with Gasteiger partial charge >= 0.3 is 5.97 Å². The lowest BCUT2D eigenvalue weighted by Gasteiger charge is -2.10. The molecular weight excluding hydrogens is 360 g/mol. The lowest BCUT2D eigenvalue weighted by Crippen LogP contribution is -2.20. The number of carbonyl (C=O) groups is 3. The van der Waals surface area contributed by atoms with Crippen molar-refractivity contribution in [2.24, 2.45) is 5.92 Å². The van der Waals surface area contributed by atoms with Crippen LogP contribution in [0.15, 0.2) is 48.5 Å². The van der Waals surface area contributed by atoms with Gasteiger partial charge in [0.15, 0.2) is 6.61 Å². The van der Waals surface area contributed by atoms with Crippen LogP contribution in [-0.2, 0) is 20.8 Å². The number of carboxylic acid groups (broad SMARTS) is 1. The zero-order valence-electron chi connectivity index (χ0n) is 15.3. The van der Waals surface area contributed by atoms with Crippen molar-refractivity contribution in [1.82, 2.24) is 0 Å². The molecule has 0 bridgehead atoms.